The summed E-state index contributed by atoms with van der Waals surface area (Å²) < 4.78 is 0. The molecular formula is C14H16BrNO. The molecule has 0 saturated heterocycles. The molecule has 1 aromatic carbocycles. The van der Waals surface area contributed by atoms with E-state index in [-0.39, 0.29) is 11.9 Å². The lowest BCUT2D eigenvalue weighted by Gasteiger charge is -2.30. The van der Waals surface area contributed by atoms with Crippen molar-refractivity contribution in [3.8, 4) is 0 Å². The molecule has 0 aromatic heterocycles. The Balaban J connectivity index is 2.17. The third-order valence-electron chi connectivity index (χ3n) is 3.09. The summed E-state index contributed by atoms with van der Waals surface area (Å²) in [6.07, 6.45) is 5.41. The number of carbonyl (C=O) groups is 1. The van der Waals surface area contributed by atoms with E-state index in [9.17, 15) is 4.79 Å². The normalized spacial score (nSPS) is 18.0. The van der Waals surface area contributed by atoms with Crippen LogP contribution in [0.25, 0.3) is 6.08 Å². The fraction of sp³-hybridized carbons (Fsp3) is 0.357. The maximum atomic E-state index is 12.0. The fourth-order valence-corrected chi connectivity index (χ4v) is 2.41. The Kier molecular flexibility index (Phi) is 4.00. The molecule has 1 aliphatic heterocycles. The van der Waals surface area contributed by atoms with E-state index < -0.39 is 0 Å². The number of hydrogen-bond donors (Lipinski definition) is 0. The molecule has 0 saturated carbocycles. The maximum Gasteiger partial charge on any atom is 0.227 e. The monoisotopic (exact) mass is 293 g/mol. The Morgan fingerprint density at radius 1 is 1.41 bits per heavy atom. The number of hydrogen-bond acceptors (Lipinski definition) is 1. The summed E-state index contributed by atoms with van der Waals surface area (Å²) >= 11 is 3.35. The van der Waals surface area contributed by atoms with Crippen LogP contribution in [0.5, 0.6) is 0 Å². The van der Waals surface area contributed by atoms with Crippen LogP contribution in [0.2, 0.25) is 0 Å². The van der Waals surface area contributed by atoms with Gasteiger partial charge in [-0.2, -0.15) is 0 Å². The van der Waals surface area contributed by atoms with Gasteiger partial charge in [0.15, 0.2) is 0 Å². The van der Waals surface area contributed by atoms with Gasteiger partial charge in [0.2, 0.25) is 5.91 Å². The predicted octanol–water partition coefficient (Wildman–Crippen LogP) is 3.74. The molecule has 1 amide bonds. The smallest absolute Gasteiger partial charge is 0.227 e. The largest absolute Gasteiger partial charge is 0.312 e. The molecule has 1 atom stereocenters. The molecule has 0 N–H and O–H groups in total. The molecule has 0 aliphatic carbocycles. The second-order valence-corrected chi connectivity index (χ2v) is 5.01. The van der Waals surface area contributed by atoms with E-state index >= 15 is 0 Å². The minimum Gasteiger partial charge on any atom is -0.312 e. The molecule has 1 heterocycles. The Hall–Kier alpha value is -1.09. The van der Waals surface area contributed by atoms with Crippen LogP contribution in [0.3, 0.4) is 0 Å². The van der Waals surface area contributed by atoms with Crippen molar-refractivity contribution >= 4 is 27.9 Å². The Morgan fingerprint density at radius 2 is 2.18 bits per heavy atom. The number of halogens is 1. The zero-order valence-electron chi connectivity index (χ0n) is 9.90. The van der Waals surface area contributed by atoms with Crippen LogP contribution in [-0.2, 0) is 4.79 Å². The van der Waals surface area contributed by atoms with Gasteiger partial charge < -0.3 is 4.90 Å². The van der Waals surface area contributed by atoms with E-state index in [0.717, 1.165) is 11.8 Å². The highest BCUT2D eigenvalue weighted by Crippen LogP contribution is 2.30. The molecule has 2 rings (SSSR count). The second kappa shape index (κ2) is 5.50. The molecule has 0 unspecified atom stereocenters. The summed E-state index contributed by atoms with van der Waals surface area (Å²) in [6, 6.07) is 8.36. The summed E-state index contributed by atoms with van der Waals surface area (Å²) in [5.41, 5.74) is 2.44. The highest BCUT2D eigenvalue weighted by Gasteiger charge is 2.23. The van der Waals surface area contributed by atoms with Gasteiger partial charge in [0.25, 0.3) is 0 Å². The second-order valence-electron chi connectivity index (χ2n) is 4.21. The fourth-order valence-electron chi connectivity index (χ4n) is 2.13. The van der Waals surface area contributed by atoms with Crippen LogP contribution in [-0.4, -0.2) is 16.1 Å². The number of nitrogens with zero attached hydrogens (tertiary/aromatic N) is 1. The van der Waals surface area contributed by atoms with Crippen molar-refractivity contribution in [1.29, 1.82) is 0 Å². The first-order valence-electron chi connectivity index (χ1n) is 5.88. The van der Waals surface area contributed by atoms with Crippen molar-refractivity contribution in [1.82, 2.24) is 4.90 Å². The maximum absolute atomic E-state index is 12.0. The number of amides is 1. The first kappa shape index (κ1) is 12.4. The predicted molar refractivity (Wildman–Crippen MR) is 73.8 cm³/mol. The van der Waals surface area contributed by atoms with E-state index in [1.54, 1.807) is 0 Å². The van der Waals surface area contributed by atoms with Crippen molar-refractivity contribution in [2.75, 3.05) is 5.33 Å². The third-order valence-corrected chi connectivity index (χ3v) is 3.65. The van der Waals surface area contributed by atoms with E-state index in [1.165, 1.54) is 11.1 Å². The van der Waals surface area contributed by atoms with Gasteiger partial charge in [0.1, 0.15) is 0 Å². The summed E-state index contributed by atoms with van der Waals surface area (Å²) in [6.45, 7) is 2.08. The SMILES string of the molecule is C[C@H]1c2ccccc2C=CN1C(=O)CCCBr. The Morgan fingerprint density at radius 3 is 2.94 bits per heavy atom. The summed E-state index contributed by atoms with van der Waals surface area (Å²) in [7, 11) is 0. The molecule has 0 radical (unpaired) electrons. The summed E-state index contributed by atoms with van der Waals surface area (Å²) in [5, 5.41) is 0.876. The zero-order chi connectivity index (χ0) is 12.3. The molecule has 1 aliphatic rings. The molecule has 2 nitrogen and oxygen atoms in total. The standard InChI is InChI=1S/C14H16BrNO/c1-11-13-6-3-2-5-12(13)8-10-16(11)14(17)7-4-9-15/h2-3,5-6,8,10-11H,4,7,9H2,1H3/t11-/m0/s1. The lowest BCUT2D eigenvalue weighted by atomic mass is 9.97. The van der Waals surface area contributed by atoms with Gasteiger partial charge in [-0.3, -0.25) is 4.79 Å². The number of alkyl halides is 1. The number of rotatable bonds is 3. The summed E-state index contributed by atoms with van der Waals surface area (Å²) in [5.74, 6) is 0.197. The molecule has 90 valence electrons. The van der Waals surface area contributed by atoms with Gasteiger partial charge in [-0.15, -0.1) is 0 Å². The topological polar surface area (TPSA) is 20.3 Å². The molecule has 0 fully saturated rings. The van der Waals surface area contributed by atoms with Crippen molar-refractivity contribution < 1.29 is 4.79 Å². The van der Waals surface area contributed by atoms with Gasteiger partial charge in [-0.05, 0) is 30.5 Å². The Bertz CT molecular complexity index is 442. The first-order chi connectivity index (χ1) is 8.24. The van der Waals surface area contributed by atoms with Crippen LogP contribution in [0.15, 0.2) is 30.5 Å². The highest BCUT2D eigenvalue weighted by molar-refractivity contribution is 9.09. The van der Waals surface area contributed by atoms with Crippen molar-refractivity contribution in [2.24, 2.45) is 0 Å². The molecule has 17 heavy (non-hydrogen) atoms. The average molecular weight is 294 g/mol. The van der Waals surface area contributed by atoms with Gasteiger partial charge in [0.05, 0.1) is 6.04 Å². The Labute approximate surface area is 110 Å². The summed E-state index contributed by atoms with van der Waals surface area (Å²) in [4.78, 5) is 13.9. The molecular weight excluding hydrogens is 278 g/mol. The zero-order valence-corrected chi connectivity index (χ0v) is 11.5. The molecule has 1 aromatic rings. The molecule has 0 spiro atoms. The van der Waals surface area contributed by atoms with Crippen LogP contribution >= 0.6 is 15.9 Å². The minimum absolute atomic E-state index is 0.138. The lowest BCUT2D eigenvalue weighted by molar-refractivity contribution is -0.130. The van der Waals surface area contributed by atoms with Crippen molar-refractivity contribution in [3.63, 3.8) is 0 Å². The van der Waals surface area contributed by atoms with E-state index in [0.29, 0.717) is 6.42 Å². The van der Waals surface area contributed by atoms with E-state index in [2.05, 4.69) is 35.0 Å². The van der Waals surface area contributed by atoms with Crippen LogP contribution < -0.4 is 0 Å². The van der Waals surface area contributed by atoms with E-state index in [1.807, 2.05) is 29.3 Å². The molecule has 3 heteroatoms. The van der Waals surface area contributed by atoms with Gasteiger partial charge >= 0.3 is 0 Å². The highest BCUT2D eigenvalue weighted by atomic mass is 79.9. The van der Waals surface area contributed by atoms with Crippen LogP contribution in [0.1, 0.15) is 36.9 Å². The van der Waals surface area contributed by atoms with Crippen LogP contribution in [0.4, 0.5) is 0 Å². The van der Waals surface area contributed by atoms with Gasteiger partial charge in [0, 0.05) is 18.0 Å². The van der Waals surface area contributed by atoms with Crippen molar-refractivity contribution in [3.05, 3.63) is 41.6 Å². The molecule has 0 bridgehead atoms. The van der Waals surface area contributed by atoms with Gasteiger partial charge in [-0.1, -0.05) is 40.2 Å². The number of carbonyl (C=O) groups excluding carboxylic acids is 1. The first-order valence-corrected chi connectivity index (χ1v) is 7.00. The minimum atomic E-state index is 0.138. The van der Waals surface area contributed by atoms with E-state index in [4.69, 9.17) is 0 Å². The number of benzene rings is 1. The average Bonchev–Trinajstić information content (AvgIpc) is 2.37. The van der Waals surface area contributed by atoms with Crippen molar-refractivity contribution in [2.45, 2.75) is 25.8 Å². The van der Waals surface area contributed by atoms with Gasteiger partial charge in [-0.25, -0.2) is 0 Å². The third kappa shape index (κ3) is 2.60. The van der Waals surface area contributed by atoms with Crippen LogP contribution in [0, 0.1) is 0 Å². The lowest BCUT2D eigenvalue weighted by Crippen LogP contribution is -2.30. The quantitative estimate of drug-likeness (QED) is 0.778. The number of fused-ring (bicyclic) bond motifs is 1.